The van der Waals surface area contributed by atoms with Gasteiger partial charge in [-0.05, 0) is 40.3 Å². The highest BCUT2D eigenvalue weighted by Gasteiger charge is 2.07. The Bertz CT molecular complexity index is 710. The molecule has 21 heavy (non-hydrogen) atoms. The van der Waals surface area contributed by atoms with Gasteiger partial charge in [-0.2, -0.15) is 9.90 Å². The van der Waals surface area contributed by atoms with Crippen LogP contribution < -0.4 is 0 Å². The van der Waals surface area contributed by atoms with Crippen molar-refractivity contribution >= 4 is 20.7 Å². The van der Waals surface area contributed by atoms with Crippen molar-refractivity contribution in [2.45, 2.75) is 26.2 Å². The Morgan fingerprint density at radius 1 is 0.714 bits per heavy atom. The van der Waals surface area contributed by atoms with Gasteiger partial charge in [0, 0.05) is 0 Å². The maximum absolute atomic E-state index is 2.27. The predicted octanol–water partition coefficient (Wildman–Crippen LogP) is 5.91. The van der Waals surface area contributed by atoms with Crippen LogP contribution in [0.3, 0.4) is 0 Å². The first-order valence-corrected chi connectivity index (χ1v) is 7.46. The quantitative estimate of drug-likeness (QED) is 0.525. The minimum absolute atomic E-state index is 0. The molecule has 108 valence electrons. The first-order chi connectivity index (χ1) is 9.90. The highest BCUT2D eigenvalue weighted by atomic mass is 31.0. The molecule has 0 aromatic heterocycles. The Labute approximate surface area is 130 Å². The van der Waals surface area contributed by atoms with Gasteiger partial charge >= 0.3 is 0 Å². The molecule has 3 rings (SSSR count). The molecule has 0 saturated heterocycles. The largest absolute Gasteiger partial charge is 0.153 e. The number of rotatable bonds is 4. The van der Waals surface area contributed by atoms with Crippen LogP contribution in [0, 0.1) is 0 Å². The second-order valence-electron chi connectivity index (χ2n) is 5.29. The van der Waals surface area contributed by atoms with E-state index in [9.17, 15) is 0 Å². The summed E-state index contributed by atoms with van der Waals surface area (Å²) in [5.41, 5.74) is 4.21. The second kappa shape index (κ2) is 7.38. The summed E-state index contributed by atoms with van der Waals surface area (Å²) in [5.74, 6) is 0. The summed E-state index contributed by atoms with van der Waals surface area (Å²) in [6.45, 7) is 2.25. The maximum atomic E-state index is 2.27. The summed E-state index contributed by atoms with van der Waals surface area (Å²) in [4.78, 5) is 0. The van der Waals surface area contributed by atoms with Crippen LogP contribution in [0.4, 0.5) is 0 Å². The molecule has 0 aliphatic rings. The second-order valence-corrected chi connectivity index (χ2v) is 5.29. The van der Waals surface area contributed by atoms with Gasteiger partial charge in [0.25, 0.3) is 0 Å². The number of unbranched alkanes of at least 4 members (excludes halogenated alkanes) is 1. The molecular weight excluding hydrogens is 271 g/mol. The van der Waals surface area contributed by atoms with Gasteiger partial charge in [-0.3, -0.25) is 0 Å². The molecule has 0 spiro atoms. The molecule has 0 N–H and O–H groups in total. The van der Waals surface area contributed by atoms with Crippen LogP contribution >= 0.6 is 9.90 Å². The van der Waals surface area contributed by atoms with Crippen LogP contribution in [0.5, 0.6) is 0 Å². The molecular formula is C20H23P. The topological polar surface area (TPSA) is 0 Å². The lowest BCUT2D eigenvalue weighted by atomic mass is 9.92. The van der Waals surface area contributed by atoms with Crippen LogP contribution in [0.15, 0.2) is 66.7 Å². The van der Waals surface area contributed by atoms with E-state index in [0.29, 0.717) is 0 Å². The van der Waals surface area contributed by atoms with Crippen LogP contribution in [0.25, 0.3) is 21.9 Å². The van der Waals surface area contributed by atoms with Crippen molar-refractivity contribution in [2.75, 3.05) is 0 Å². The molecule has 1 heteroatoms. The zero-order chi connectivity index (χ0) is 13.8. The van der Waals surface area contributed by atoms with E-state index in [0.717, 1.165) is 6.42 Å². The molecule has 0 radical (unpaired) electrons. The number of aryl methyl sites for hydroxylation is 1. The fraction of sp³-hybridized carbons (Fsp3) is 0.200. The fourth-order valence-corrected chi connectivity index (χ4v) is 2.83. The van der Waals surface area contributed by atoms with Gasteiger partial charge in [-0.15, -0.1) is 0 Å². The Balaban J connectivity index is 0.00000161. The van der Waals surface area contributed by atoms with E-state index in [4.69, 9.17) is 0 Å². The summed E-state index contributed by atoms with van der Waals surface area (Å²) in [7, 11) is 0. The Kier molecular flexibility index (Phi) is 5.53. The summed E-state index contributed by atoms with van der Waals surface area (Å²) in [6, 6.07) is 24.1. The molecule has 1 unspecified atom stereocenters. The molecule has 0 aliphatic carbocycles. The number of benzene rings is 3. The normalized spacial score (nSPS) is 10.3. The first kappa shape index (κ1) is 15.7. The molecule has 0 saturated carbocycles. The van der Waals surface area contributed by atoms with Gasteiger partial charge in [-0.25, -0.2) is 0 Å². The smallest absolute Gasteiger partial charge is 0.0103 e. The number of fused-ring (bicyclic) bond motifs is 1. The van der Waals surface area contributed by atoms with Crippen molar-refractivity contribution < 1.29 is 0 Å². The summed E-state index contributed by atoms with van der Waals surface area (Å²) in [5, 5.41) is 2.66. The third-order valence-corrected chi connectivity index (χ3v) is 3.90. The van der Waals surface area contributed by atoms with E-state index in [1.165, 1.54) is 40.3 Å². The molecule has 0 nitrogen and oxygen atoms in total. The number of hydrogen-bond donors (Lipinski definition) is 0. The zero-order valence-corrected chi connectivity index (χ0v) is 14.1. The van der Waals surface area contributed by atoms with Gasteiger partial charge in [0.05, 0.1) is 0 Å². The lowest BCUT2D eigenvalue weighted by Gasteiger charge is -2.12. The molecule has 3 aromatic carbocycles. The lowest BCUT2D eigenvalue weighted by Crippen LogP contribution is -1.90. The van der Waals surface area contributed by atoms with Gasteiger partial charge in [0.15, 0.2) is 0 Å². The third-order valence-electron chi connectivity index (χ3n) is 3.90. The van der Waals surface area contributed by atoms with Gasteiger partial charge in [-0.1, -0.05) is 80.1 Å². The van der Waals surface area contributed by atoms with E-state index in [1.807, 2.05) is 0 Å². The first-order valence-electron chi connectivity index (χ1n) is 7.46. The summed E-state index contributed by atoms with van der Waals surface area (Å²) >= 11 is 0. The highest BCUT2D eigenvalue weighted by molar-refractivity contribution is 6.92. The van der Waals surface area contributed by atoms with Crippen LogP contribution in [-0.4, -0.2) is 0 Å². The van der Waals surface area contributed by atoms with Crippen molar-refractivity contribution in [2.24, 2.45) is 0 Å². The summed E-state index contributed by atoms with van der Waals surface area (Å²) < 4.78 is 0. The SMILES string of the molecule is CCCCc1ccccc1-c1cccc2ccccc12.P. The minimum Gasteiger partial charge on any atom is -0.153 e. The maximum Gasteiger partial charge on any atom is -0.0103 e. The van der Waals surface area contributed by atoms with E-state index in [2.05, 4.69) is 73.7 Å². The molecule has 0 amide bonds. The Hall–Kier alpha value is -1.65. The molecule has 1 atom stereocenters. The monoisotopic (exact) mass is 294 g/mol. The third kappa shape index (κ3) is 3.34. The fourth-order valence-electron chi connectivity index (χ4n) is 2.83. The van der Waals surface area contributed by atoms with Gasteiger partial charge < -0.3 is 0 Å². The number of hydrogen-bond acceptors (Lipinski definition) is 0. The van der Waals surface area contributed by atoms with Crippen molar-refractivity contribution in [1.29, 1.82) is 0 Å². The highest BCUT2D eigenvalue weighted by Crippen LogP contribution is 2.31. The molecule has 0 aliphatic heterocycles. The van der Waals surface area contributed by atoms with E-state index in [-0.39, 0.29) is 9.90 Å². The van der Waals surface area contributed by atoms with Gasteiger partial charge in [0.2, 0.25) is 0 Å². The van der Waals surface area contributed by atoms with Crippen LogP contribution in [-0.2, 0) is 6.42 Å². The Morgan fingerprint density at radius 3 is 2.24 bits per heavy atom. The van der Waals surface area contributed by atoms with Gasteiger partial charge in [0.1, 0.15) is 0 Å². The minimum atomic E-state index is 0. The molecule has 0 heterocycles. The predicted molar refractivity (Wildman–Crippen MR) is 99.1 cm³/mol. The van der Waals surface area contributed by atoms with E-state index < -0.39 is 0 Å². The summed E-state index contributed by atoms with van der Waals surface area (Å²) in [6.07, 6.45) is 3.65. The van der Waals surface area contributed by atoms with Crippen LogP contribution in [0.2, 0.25) is 0 Å². The van der Waals surface area contributed by atoms with Crippen molar-refractivity contribution in [1.82, 2.24) is 0 Å². The van der Waals surface area contributed by atoms with Crippen molar-refractivity contribution in [3.63, 3.8) is 0 Å². The van der Waals surface area contributed by atoms with Crippen molar-refractivity contribution in [3.05, 3.63) is 72.3 Å². The Morgan fingerprint density at radius 2 is 1.38 bits per heavy atom. The average Bonchev–Trinajstić information content (AvgIpc) is 2.53. The van der Waals surface area contributed by atoms with E-state index >= 15 is 0 Å². The van der Waals surface area contributed by atoms with Crippen molar-refractivity contribution in [3.8, 4) is 11.1 Å². The molecule has 0 fully saturated rings. The molecule has 3 aromatic rings. The van der Waals surface area contributed by atoms with E-state index in [1.54, 1.807) is 0 Å². The zero-order valence-electron chi connectivity index (χ0n) is 12.7. The average molecular weight is 294 g/mol. The molecule has 0 bridgehead atoms. The van der Waals surface area contributed by atoms with Crippen LogP contribution in [0.1, 0.15) is 25.3 Å². The lowest BCUT2D eigenvalue weighted by molar-refractivity contribution is 0.796. The standard InChI is InChI=1S/C20H20.H3P/c1-2-3-9-16-10-4-6-13-18(16)20-15-8-12-17-11-5-7-14-19(17)20;/h4-8,10-15H,2-3,9H2,1H3;1H3.